The third-order valence-corrected chi connectivity index (χ3v) is 2.50. The van der Waals surface area contributed by atoms with Crippen molar-refractivity contribution in [2.75, 3.05) is 7.05 Å². The molecule has 0 spiro atoms. The second-order valence-corrected chi connectivity index (χ2v) is 4.00. The zero-order valence-corrected chi connectivity index (χ0v) is 13.8. The minimum absolute atomic E-state index is 0. The number of aryl methyl sites for hydroxylation is 1. The van der Waals surface area contributed by atoms with Gasteiger partial charge in [0.15, 0.2) is 11.8 Å². The molecule has 0 bridgehead atoms. The second-order valence-electron chi connectivity index (χ2n) is 4.00. The van der Waals surface area contributed by atoms with E-state index in [1.54, 1.807) is 14.0 Å². The van der Waals surface area contributed by atoms with E-state index in [1.807, 2.05) is 18.2 Å². The third kappa shape index (κ3) is 5.16. The van der Waals surface area contributed by atoms with Gasteiger partial charge in [0.2, 0.25) is 5.89 Å². The minimum atomic E-state index is 0. The lowest BCUT2D eigenvalue weighted by Crippen LogP contribution is -2.36. The van der Waals surface area contributed by atoms with E-state index in [2.05, 4.69) is 37.9 Å². The number of hydrogen-bond acceptors (Lipinski definition) is 4. The Morgan fingerprint density at radius 1 is 1.20 bits per heavy atom. The molecular weight excluding hydrogens is 369 g/mol. The van der Waals surface area contributed by atoms with E-state index >= 15 is 0 Å². The maximum absolute atomic E-state index is 5.02. The fourth-order valence-corrected chi connectivity index (χ4v) is 1.57. The molecule has 0 saturated heterocycles. The zero-order valence-electron chi connectivity index (χ0n) is 11.5. The molecule has 20 heavy (non-hydrogen) atoms. The van der Waals surface area contributed by atoms with Crippen molar-refractivity contribution in [1.82, 2.24) is 20.8 Å². The fraction of sp³-hybridized carbons (Fsp3) is 0.308. The van der Waals surface area contributed by atoms with E-state index in [-0.39, 0.29) is 24.0 Å². The van der Waals surface area contributed by atoms with E-state index in [0.717, 1.165) is 0 Å². The first-order valence-electron chi connectivity index (χ1n) is 6.05. The van der Waals surface area contributed by atoms with Crippen LogP contribution in [0.1, 0.15) is 17.3 Å². The standard InChI is InChI=1S/C13H17N5O.HI/c1-10-17-12(19-18-10)9-16-13(14-2)15-8-11-6-4-3-5-7-11;/h3-7H,8-9H2,1-2H3,(H2,14,15,16);1H. The van der Waals surface area contributed by atoms with Crippen molar-refractivity contribution in [2.24, 2.45) is 4.99 Å². The molecule has 0 aliphatic carbocycles. The summed E-state index contributed by atoms with van der Waals surface area (Å²) < 4.78 is 5.02. The molecule has 108 valence electrons. The van der Waals surface area contributed by atoms with Crippen molar-refractivity contribution < 1.29 is 4.52 Å². The number of rotatable bonds is 4. The van der Waals surface area contributed by atoms with Gasteiger partial charge in [0.1, 0.15) is 0 Å². The molecule has 0 unspecified atom stereocenters. The van der Waals surface area contributed by atoms with Crippen molar-refractivity contribution >= 4 is 29.9 Å². The first-order valence-corrected chi connectivity index (χ1v) is 6.05. The molecule has 1 aromatic carbocycles. The average Bonchev–Trinajstić information content (AvgIpc) is 2.86. The molecule has 1 aromatic heterocycles. The van der Waals surface area contributed by atoms with E-state index in [1.165, 1.54) is 5.56 Å². The Balaban J connectivity index is 0.00000200. The second kappa shape index (κ2) is 8.51. The van der Waals surface area contributed by atoms with E-state index < -0.39 is 0 Å². The number of hydrogen-bond donors (Lipinski definition) is 2. The van der Waals surface area contributed by atoms with Crippen molar-refractivity contribution in [3.63, 3.8) is 0 Å². The highest BCUT2D eigenvalue weighted by atomic mass is 127. The fourth-order valence-electron chi connectivity index (χ4n) is 1.57. The summed E-state index contributed by atoms with van der Waals surface area (Å²) in [7, 11) is 1.72. The third-order valence-electron chi connectivity index (χ3n) is 2.50. The Morgan fingerprint density at radius 3 is 2.50 bits per heavy atom. The lowest BCUT2D eigenvalue weighted by atomic mass is 10.2. The first-order chi connectivity index (χ1) is 9.28. The van der Waals surface area contributed by atoms with Crippen molar-refractivity contribution in [3.8, 4) is 0 Å². The molecule has 2 aromatic rings. The maximum Gasteiger partial charge on any atom is 0.246 e. The topological polar surface area (TPSA) is 75.3 Å². The number of guanidine groups is 1. The summed E-state index contributed by atoms with van der Waals surface area (Å²) in [4.78, 5) is 8.24. The molecule has 0 amide bonds. The van der Waals surface area contributed by atoms with Gasteiger partial charge in [-0.25, -0.2) is 0 Å². The van der Waals surface area contributed by atoms with Crippen LogP contribution in [0, 0.1) is 6.92 Å². The summed E-state index contributed by atoms with van der Waals surface area (Å²) in [5.41, 5.74) is 1.19. The van der Waals surface area contributed by atoms with Crippen LogP contribution in [0.25, 0.3) is 0 Å². The lowest BCUT2D eigenvalue weighted by molar-refractivity contribution is 0.371. The molecule has 1 heterocycles. The van der Waals surface area contributed by atoms with Gasteiger partial charge in [-0.2, -0.15) is 4.98 Å². The number of nitrogens with one attached hydrogen (secondary N) is 2. The van der Waals surface area contributed by atoms with Crippen LogP contribution >= 0.6 is 24.0 Å². The SMILES string of the molecule is CN=C(NCc1ccccc1)NCc1nc(C)no1.I. The summed E-state index contributed by atoms with van der Waals surface area (Å²) in [6, 6.07) is 10.1. The van der Waals surface area contributed by atoms with E-state index in [4.69, 9.17) is 4.52 Å². The van der Waals surface area contributed by atoms with Gasteiger partial charge in [0, 0.05) is 13.6 Å². The molecule has 0 aliphatic heterocycles. The molecule has 0 radical (unpaired) electrons. The molecule has 0 saturated carbocycles. The van der Waals surface area contributed by atoms with Gasteiger partial charge in [-0.3, -0.25) is 4.99 Å². The molecular formula is C13H18IN5O. The number of halogens is 1. The number of aliphatic imine (C=N–C) groups is 1. The van der Waals surface area contributed by atoms with Crippen LogP contribution in [-0.4, -0.2) is 23.1 Å². The van der Waals surface area contributed by atoms with Crippen LogP contribution in [-0.2, 0) is 13.1 Å². The Bertz CT molecular complexity index is 541. The van der Waals surface area contributed by atoms with Crippen LogP contribution in [0.5, 0.6) is 0 Å². The molecule has 7 heteroatoms. The Hall–Kier alpha value is -1.64. The molecule has 0 aliphatic rings. The Kier molecular flexibility index (Phi) is 6.99. The number of nitrogens with zero attached hydrogens (tertiary/aromatic N) is 3. The van der Waals surface area contributed by atoms with Gasteiger partial charge in [-0.05, 0) is 12.5 Å². The van der Waals surface area contributed by atoms with Gasteiger partial charge in [-0.1, -0.05) is 35.5 Å². The monoisotopic (exact) mass is 387 g/mol. The summed E-state index contributed by atoms with van der Waals surface area (Å²) >= 11 is 0. The summed E-state index contributed by atoms with van der Waals surface area (Å²) in [5.74, 6) is 1.86. The quantitative estimate of drug-likeness (QED) is 0.476. The van der Waals surface area contributed by atoms with Gasteiger partial charge in [0.25, 0.3) is 0 Å². The van der Waals surface area contributed by atoms with Crippen molar-refractivity contribution in [1.29, 1.82) is 0 Å². The van der Waals surface area contributed by atoms with Crippen LogP contribution in [0.4, 0.5) is 0 Å². The van der Waals surface area contributed by atoms with E-state index in [0.29, 0.717) is 30.8 Å². The van der Waals surface area contributed by atoms with Crippen molar-refractivity contribution in [2.45, 2.75) is 20.0 Å². The molecule has 0 fully saturated rings. The number of benzene rings is 1. The van der Waals surface area contributed by atoms with Crippen molar-refractivity contribution in [3.05, 3.63) is 47.6 Å². The van der Waals surface area contributed by atoms with Crippen LogP contribution in [0.3, 0.4) is 0 Å². The lowest BCUT2D eigenvalue weighted by Gasteiger charge is -2.10. The maximum atomic E-state index is 5.02. The van der Waals surface area contributed by atoms with Gasteiger partial charge >= 0.3 is 0 Å². The van der Waals surface area contributed by atoms with Gasteiger partial charge in [-0.15, -0.1) is 24.0 Å². The van der Waals surface area contributed by atoms with E-state index in [9.17, 15) is 0 Å². The summed E-state index contributed by atoms with van der Waals surface area (Å²) in [6.07, 6.45) is 0. The largest absolute Gasteiger partial charge is 0.352 e. The normalized spacial score (nSPS) is 10.8. The van der Waals surface area contributed by atoms with Gasteiger partial charge in [0.05, 0.1) is 6.54 Å². The highest BCUT2D eigenvalue weighted by molar-refractivity contribution is 14.0. The molecule has 6 nitrogen and oxygen atoms in total. The predicted octanol–water partition coefficient (Wildman–Crippen LogP) is 1.86. The van der Waals surface area contributed by atoms with Crippen LogP contribution < -0.4 is 10.6 Å². The first kappa shape index (κ1) is 16.4. The highest BCUT2D eigenvalue weighted by Crippen LogP contribution is 1.97. The zero-order chi connectivity index (χ0) is 13.5. The summed E-state index contributed by atoms with van der Waals surface area (Å²) in [6.45, 7) is 2.95. The highest BCUT2D eigenvalue weighted by Gasteiger charge is 2.03. The van der Waals surface area contributed by atoms with Crippen LogP contribution in [0.15, 0.2) is 39.8 Å². The molecule has 2 rings (SSSR count). The predicted molar refractivity (Wildman–Crippen MR) is 87.9 cm³/mol. The average molecular weight is 387 g/mol. The Labute approximate surface area is 135 Å². The van der Waals surface area contributed by atoms with Gasteiger partial charge < -0.3 is 15.2 Å². The molecule has 2 N–H and O–H groups in total. The molecule has 0 atom stereocenters. The minimum Gasteiger partial charge on any atom is -0.352 e. The summed E-state index contributed by atoms with van der Waals surface area (Å²) in [5, 5.41) is 10.1. The Morgan fingerprint density at radius 2 is 1.90 bits per heavy atom. The smallest absolute Gasteiger partial charge is 0.246 e. The van der Waals surface area contributed by atoms with Crippen LogP contribution in [0.2, 0.25) is 0 Å². The number of aromatic nitrogens is 2.